The third kappa shape index (κ3) is 3.72. The van der Waals surface area contributed by atoms with Crippen molar-refractivity contribution in [2.24, 2.45) is 0 Å². The maximum atomic E-state index is 5.39. The van der Waals surface area contributed by atoms with E-state index in [1.807, 2.05) is 23.6 Å². The van der Waals surface area contributed by atoms with E-state index in [9.17, 15) is 0 Å². The van der Waals surface area contributed by atoms with Gasteiger partial charge in [0.25, 0.3) is 0 Å². The number of ether oxygens (including phenoxy) is 2. The highest BCUT2D eigenvalue weighted by atomic mass is 32.2. The average molecular weight is 373 g/mol. The summed E-state index contributed by atoms with van der Waals surface area (Å²) in [4.78, 5) is 4.45. The quantitative estimate of drug-likeness (QED) is 0.439. The summed E-state index contributed by atoms with van der Waals surface area (Å²) in [5, 5.41) is 13.1. The van der Waals surface area contributed by atoms with Crippen LogP contribution in [0.3, 0.4) is 0 Å². The molecule has 136 valence electrons. The molecule has 0 bridgehead atoms. The standard InChI is InChI=1S/C17H19N5O3S/c1-5-8-22-11(2)19-20-17(22)26-10-15-18-16(21-25-15)13-7-6-12(23-3)9-14(13)24-4/h5-7,9H,1,8,10H2,2-4H3. The van der Waals surface area contributed by atoms with Crippen LogP contribution in [0.15, 0.2) is 40.5 Å². The van der Waals surface area contributed by atoms with Gasteiger partial charge < -0.3 is 18.6 Å². The predicted molar refractivity (Wildman–Crippen MR) is 97.4 cm³/mol. The van der Waals surface area contributed by atoms with E-state index in [-0.39, 0.29) is 0 Å². The van der Waals surface area contributed by atoms with E-state index < -0.39 is 0 Å². The molecule has 0 amide bonds. The van der Waals surface area contributed by atoms with Gasteiger partial charge in [0.2, 0.25) is 11.7 Å². The molecule has 9 heteroatoms. The highest BCUT2D eigenvalue weighted by Crippen LogP contribution is 2.32. The molecular weight excluding hydrogens is 354 g/mol. The lowest BCUT2D eigenvalue weighted by Crippen LogP contribution is -2.00. The van der Waals surface area contributed by atoms with Crippen LogP contribution in [-0.2, 0) is 12.3 Å². The first-order valence-electron chi connectivity index (χ1n) is 7.84. The lowest BCUT2D eigenvalue weighted by Gasteiger charge is -2.07. The van der Waals surface area contributed by atoms with E-state index in [4.69, 9.17) is 14.0 Å². The Bertz CT molecular complexity index is 906. The Balaban J connectivity index is 1.76. The first kappa shape index (κ1) is 18.0. The minimum Gasteiger partial charge on any atom is -0.497 e. The number of hydrogen-bond acceptors (Lipinski definition) is 8. The number of methoxy groups -OCH3 is 2. The van der Waals surface area contributed by atoms with Crippen LogP contribution in [0.1, 0.15) is 11.7 Å². The van der Waals surface area contributed by atoms with Gasteiger partial charge >= 0.3 is 0 Å². The van der Waals surface area contributed by atoms with Gasteiger partial charge in [-0.1, -0.05) is 23.0 Å². The number of hydrogen-bond donors (Lipinski definition) is 0. The van der Waals surface area contributed by atoms with Gasteiger partial charge in [0.15, 0.2) is 5.16 Å². The van der Waals surface area contributed by atoms with Gasteiger partial charge in [0.05, 0.1) is 25.5 Å². The van der Waals surface area contributed by atoms with Crippen LogP contribution < -0.4 is 9.47 Å². The first-order chi connectivity index (χ1) is 12.7. The molecule has 3 rings (SSSR count). The van der Waals surface area contributed by atoms with E-state index in [1.54, 1.807) is 26.4 Å². The fraction of sp³-hybridized carbons (Fsp3) is 0.294. The van der Waals surface area contributed by atoms with E-state index in [1.165, 1.54) is 11.8 Å². The van der Waals surface area contributed by atoms with Crippen LogP contribution in [-0.4, -0.2) is 39.1 Å². The number of thioether (sulfide) groups is 1. The minimum absolute atomic E-state index is 0.462. The van der Waals surface area contributed by atoms with Crippen molar-refractivity contribution in [3.63, 3.8) is 0 Å². The highest BCUT2D eigenvalue weighted by Gasteiger charge is 2.16. The van der Waals surface area contributed by atoms with Gasteiger partial charge in [-0.15, -0.1) is 16.8 Å². The third-order valence-electron chi connectivity index (χ3n) is 3.66. The highest BCUT2D eigenvalue weighted by molar-refractivity contribution is 7.98. The number of benzene rings is 1. The molecule has 0 aliphatic heterocycles. The molecule has 3 aromatic rings. The molecule has 0 unspecified atom stereocenters. The van der Waals surface area contributed by atoms with Crippen LogP contribution >= 0.6 is 11.8 Å². The van der Waals surface area contributed by atoms with Crippen LogP contribution in [0.25, 0.3) is 11.4 Å². The molecule has 2 aromatic heterocycles. The molecule has 0 aliphatic rings. The van der Waals surface area contributed by atoms with Crippen molar-refractivity contribution < 1.29 is 14.0 Å². The smallest absolute Gasteiger partial charge is 0.237 e. The maximum absolute atomic E-state index is 5.39. The fourth-order valence-corrected chi connectivity index (χ4v) is 3.17. The molecule has 2 heterocycles. The van der Waals surface area contributed by atoms with E-state index in [0.717, 1.165) is 16.5 Å². The maximum Gasteiger partial charge on any atom is 0.237 e. The van der Waals surface area contributed by atoms with Crippen molar-refractivity contribution >= 4 is 11.8 Å². The molecule has 0 radical (unpaired) electrons. The van der Waals surface area contributed by atoms with Gasteiger partial charge in [-0.05, 0) is 19.1 Å². The molecule has 8 nitrogen and oxygen atoms in total. The molecule has 0 fully saturated rings. The molecule has 1 aromatic carbocycles. The fourth-order valence-electron chi connectivity index (χ4n) is 2.34. The Morgan fingerprint density at radius 1 is 1.27 bits per heavy atom. The van der Waals surface area contributed by atoms with Crippen molar-refractivity contribution in [2.75, 3.05) is 14.2 Å². The molecular formula is C17H19N5O3S. The van der Waals surface area contributed by atoms with Gasteiger partial charge in [-0.2, -0.15) is 4.98 Å². The summed E-state index contributed by atoms with van der Waals surface area (Å²) in [6.07, 6.45) is 1.81. The zero-order chi connectivity index (χ0) is 18.5. The Kier molecular flexibility index (Phi) is 5.57. The topological polar surface area (TPSA) is 88.1 Å². The molecule has 0 atom stereocenters. The second-order valence-electron chi connectivity index (χ2n) is 5.30. The SMILES string of the molecule is C=CCn1c(C)nnc1SCc1nc(-c2ccc(OC)cc2OC)no1. The lowest BCUT2D eigenvalue weighted by atomic mass is 10.2. The summed E-state index contributed by atoms with van der Waals surface area (Å²) in [6.45, 7) is 6.31. The second-order valence-corrected chi connectivity index (χ2v) is 6.24. The van der Waals surface area contributed by atoms with Crippen molar-refractivity contribution in [3.8, 4) is 22.9 Å². The largest absolute Gasteiger partial charge is 0.497 e. The van der Waals surface area contributed by atoms with Crippen molar-refractivity contribution in [3.05, 3.63) is 42.6 Å². The summed E-state index contributed by atoms with van der Waals surface area (Å²) in [6, 6.07) is 5.44. The summed E-state index contributed by atoms with van der Waals surface area (Å²) in [5.41, 5.74) is 0.735. The Labute approximate surface area is 155 Å². The predicted octanol–water partition coefficient (Wildman–Crippen LogP) is 3.13. The number of allylic oxidation sites excluding steroid dienone is 1. The van der Waals surface area contributed by atoms with E-state index >= 15 is 0 Å². The summed E-state index contributed by atoms with van der Waals surface area (Å²) < 4.78 is 17.9. The van der Waals surface area contributed by atoms with Gasteiger partial charge in [0, 0.05) is 12.6 Å². The molecule has 0 saturated heterocycles. The molecule has 0 aliphatic carbocycles. The van der Waals surface area contributed by atoms with Gasteiger partial charge in [0.1, 0.15) is 17.3 Å². The van der Waals surface area contributed by atoms with E-state index in [2.05, 4.69) is 26.9 Å². The van der Waals surface area contributed by atoms with Crippen LogP contribution in [0.2, 0.25) is 0 Å². The Morgan fingerprint density at radius 2 is 2.12 bits per heavy atom. The second kappa shape index (κ2) is 8.05. The van der Waals surface area contributed by atoms with Crippen LogP contribution in [0.4, 0.5) is 0 Å². The average Bonchev–Trinajstić information content (AvgIpc) is 3.27. The number of nitrogens with zero attached hydrogens (tertiary/aromatic N) is 5. The van der Waals surface area contributed by atoms with Gasteiger partial charge in [-0.25, -0.2) is 0 Å². The lowest BCUT2D eigenvalue weighted by molar-refractivity contribution is 0.388. The van der Waals surface area contributed by atoms with Crippen LogP contribution in [0.5, 0.6) is 11.5 Å². The Hall–Kier alpha value is -2.81. The Morgan fingerprint density at radius 3 is 2.85 bits per heavy atom. The number of rotatable bonds is 8. The van der Waals surface area contributed by atoms with Crippen LogP contribution in [0, 0.1) is 6.92 Å². The molecule has 0 saturated carbocycles. The zero-order valence-corrected chi connectivity index (χ0v) is 15.6. The summed E-state index contributed by atoms with van der Waals surface area (Å²) >= 11 is 1.48. The molecule has 0 spiro atoms. The normalized spacial score (nSPS) is 10.7. The number of aromatic nitrogens is 5. The van der Waals surface area contributed by atoms with Gasteiger partial charge in [-0.3, -0.25) is 0 Å². The first-order valence-corrected chi connectivity index (χ1v) is 8.83. The summed E-state index contributed by atoms with van der Waals surface area (Å²) in [7, 11) is 3.19. The minimum atomic E-state index is 0.462. The molecule has 26 heavy (non-hydrogen) atoms. The zero-order valence-electron chi connectivity index (χ0n) is 14.8. The van der Waals surface area contributed by atoms with Crippen molar-refractivity contribution in [1.82, 2.24) is 24.9 Å². The summed E-state index contributed by atoms with van der Waals surface area (Å²) in [5.74, 6) is 3.59. The number of aryl methyl sites for hydroxylation is 1. The van der Waals surface area contributed by atoms with Crippen molar-refractivity contribution in [1.29, 1.82) is 0 Å². The van der Waals surface area contributed by atoms with E-state index in [0.29, 0.717) is 35.5 Å². The monoisotopic (exact) mass is 373 g/mol. The van der Waals surface area contributed by atoms with Crippen molar-refractivity contribution in [2.45, 2.75) is 24.4 Å². The third-order valence-corrected chi connectivity index (χ3v) is 4.61. The molecule has 0 N–H and O–H groups in total.